The maximum Gasteiger partial charge on any atom is 0.287 e. The van der Waals surface area contributed by atoms with Gasteiger partial charge in [0.25, 0.3) is 5.91 Å². The Morgan fingerprint density at radius 2 is 2.07 bits per heavy atom. The van der Waals surface area contributed by atoms with Crippen LogP contribution in [0.25, 0.3) is 11.0 Å². The Hall–Kier alpha value is -2.64. The van der Waals surface area contributed by atoms with Crippen molar-refractivity contribution >= 4 is 16.9 Å². The third-order valence-electron chi connectivity index (χ3n) is 6.15. The van der Waals surface area contributed by atoms with Crippen LogP contribution in [0.4, 0.5) is 0 Å². The van der Waals surface area contributed by atoms with E-state index < -0.39 is 0 Å². The molecule has 2 aliphatic heterocycles. The predicted molar refractivity (Wildman–Crippen MR) is 108 cm³/mol. The van der Waals surface area contributed by atoms with Gasteiger partial charge in [0.15, 0.2) is 5.76 Å². The standard InChI is InChI=1S/C22H26N4O3/c27-21(19-6-3-13-28-19)23-14-16-7-8-22(29-16)9-11-26(12-10-22)15-20-24-17-4-1-2-5-18(17)25-20/h1-6,13,16H,7-12,14-15H2,(H,23,27)(H,24,25). The number of hydrogen-bond donors (Lipinski definition) is 2. The number of hydrogen-bond acceptors (Lipinski definition) is 5. The average molecular weight is 394 g/mol. The fraction of sp³-hybridized carbons (Fsp3) is 0.455. The number of carbonyl (C=O) groups excluding carboxylic acids is 1. The number of para-hydroxylation sites is 2. The fourth-order valence-electron chi connectivity index (χ4n) is 4.52. The Bertz CT molecular complexity index is 940. The molecule has 0 aliphatic carbocycles. The summed E-state index contributed by atoms with van der Waals surface area (Å²) >= 11 is 0. The molecule has 0 radical (unpaired) electrons. The number of fused-ring (bicyclic) bond motifs is 1. The molecule has 3 aromatic rings. The molecule has 1 atom stereocenters. The Balaban J connectivity index is 1.11. The van der Waals surface area contributed by atoms with Crippen molar-refractivity contribution in [2.45, 2.75) is 43.9 Å². The largest absolute Gasteiger partial charge is 0.459 e. The summed E-state index contributed by atoms with van der Waals surface area (Å²) in [5.41, 5.74) is 2.08. The zero-order valence-electron chi connectivity index (χ0n) is 16.4. The van der Waals surface area contributed by atoms with Crippen molar-refractivity contribution in [1.29, 1.82) is 0 Å². The number of benzene rings is 1. The second-order valence-corrected chi connectivity index (χ2v) is 8.13. The molecule has 1 amide bonds. The SMILES string of the molecule is O=C(NCC1CCC2(CCN(Cc3nc4ccccc4[nH]3)CC2)O1)c1ccco1. The molecule has 1 spiro atoms. The van der Waals surface area contributed by atoms with Crippen LogP contribution in [0.1, 0.15) is 42.1 Å². The van der Waals surface area contributed by atoms with Gasteiger partial charge in [0.2, 0.25) is 0 Å². The lowest BCUT2D eigenvalue weighted by Gasteiger charge is -2.38. The number of rotatable bonds is 5. The first-order valence-corrected chi connectivity index (χ1v) is 10.3. The molecule has 2 aromatic heterocycles. The van der Waals surface area contributed by atoms with Crippen LogP contribution in [-0.4, -0.2) is 52.1 Å². The number of ether oxygens (including phenoxy) is 1. The minimum absolute atomic E-state index is 0.0372. The average Bonchev–Trinajstić information content (AvgIpc) is 3.48. The van der Waals surface area contributed by atoms with Gasteiger partial charge >= 0.3 is 0 Å². The lowest BCUT2D eigenvalue weighted by molar-refractivity contribution is -0.0767. The highest BCUT2D eigenvalue weighted by Crippen LogP contribution is 2.39. The van der Waals surface area contributed by atoms with Gasteiger partial charge in [-0.2, -0.15) is 0 Å². The molecule has 7 nitrogen and oxygen atoms in total. The number of likely N-dealkylation sites (tertiary alicyclic amines) is 1. The monoisotopic (exact) mass is 394 g/mol. The molecular formula is C22H26N4O3. The summed E-state index contributed by atoms with van der Waals surface area (Å²) in [4.78, 5) is 22.6. The number of amides is 1. The van der Waals surface area contributed by atoms with Crippen LogP contribution in [0, 0.1) is 0 Å². The van der Waals surface area contributed by atoms with Crippen LogP contribution in [0.15, 0.2) is 47.1 Å². The molecule has 2 saturated heterocycles. The summed E-state index contributed by atoms with van der Waals surface area (Å²) in [6, 6.07) is 11.5. The van der Waals surface area contributed by atoms with Crippen molar-refractivity contribution in [3.05, 3.63) is 54.2 Å². The molecule has 4 heterocycles. The molecule has 1 unspecified atom stereocenters. The number of nitrogens with zero attached hydrogens (tertiary/aromatic N) is 2. The molecule has 7 heteroatoms. The number of imidazole rings is 1. The summed E-state index contributed by atoms with van der Waals surface area (Å²) in [6.07, 6.45) is 5.69. The minimum atomic E-state index is -0.180. The van der Waals surface area contributed by atoms with Crippen LogP contribution in [-0.2, 0) is 11.3 Å². The molecular weight excluding hydrogens is 368 g/mol. The Labute approximate surface area is 169 Å². The zero-order chi connectivity index (χ0) is 19.7. The van der Waals surface area contributed by atoms with E-state index in [1.165, 1.54) is 6.26 Å². The predicted octanol–water partition coefficient (Wildman–Crippen LogP) is 3.10. The Morgan fingerprint density at radius 3 is 2.86 bits per heavy atom. The summed E-state index contributed by atoms with van der Waals surface area (Å²) in [5.74, 6) is 1.19. The second kappa shape index (κ2) is 7.65. The molecule has 0 bridgehead atoms. The smallest absolute Gasteiger partial charge is 0.287 e. The van der Waals surface area contributed by atoms with Crippen LogP contribution >= 0.6 is 0 Å². The number of furan rings is 1. The molecule has 29 heavy (non-hydrogen) atoms. The summed E-state index contributed by atoms with van der Waals surface area (Å²) in [5, 5.41) is 2.92. The van der Waals surface area contributed by atoms with Gasteiger partial charge < -0.3 is 19.5 Å². The molecule has 0 saturated carbocycles. The zero-order valence-corrected chi connectivity index (χ0v) is 16.4. The topological polar surface area (TPSA) is 83.4 Å². The van der Waals surface area contributed by atoms with Crippen molar-refractivity contribution in [2.24, 2.45) is 0 Å². The van der Waals surface area contributed by atoms with Crippen molar-refractivity contribution in [3.8, 4) is 0 Å². The minimum Gasteiger partial charge on any atom is -0.459 e. The summed E-state index contributed by atoms with van der Waals surface area (Å²) in [6.45, 7) is 3.38. The lowest BCUT2D eigenvalue weighted by atomic mass is 9.88. The maximum atomic E-state index is 12.0. The Kier molecular flexibility index (Phi) is 4.85. The van der Waals surface area contributed by atoms with E-state index in [0.717, 1.165) is 62.2 Å². The number of aromatic amines is 1. The molecule has 2 fully saturated rings. The van der Waals surface area contributed by atoms with Crippen molar-refractivity contribution < 1.29 is 13.9 Å². The van der Waals surface area contributed by atoms with Crippen LogP contribution in [0.2, 0.25) is 0 Å². The fourth-order valence-corrected chi connectivity index (χ4v) is 4.52. The maximum absolute atomic E-state index is 12.0. The van der Waals surface area contributed by atoms with E-state index in [-0.39, 0.29) is 17.6 Å². The molecule has 5 rings (SSSR count). The Morgan fingerprint density at radius 1 is 1.21 bits per heavy atom. The highest BCUT2D eigenvalue weighted by atomic mass is 16.5. The lowest BCUT2D eigenvalue weighted by Crippen LogP contribution is -2.45. The summed E-state index contributed by atoms with van der Waals surface area (Å²) in [7, 11) is 0. The van der Waals surface area contributed by atoms with Gasteiger partial charge in [-0.15, -0.1) is 0 Å². The van der Waals surface area contributed by atoms with Crippen LogP contribution in [0.3, 0.4) is 0 Å². The van der Waals surface area contributed by atoms with Gasteiger partial charge in [-0.05, 0) is 49.9 Å². The van der Waals surface area contributed by atoms with Crippen LogP contribution in [0.5, 0.6) is 0 Å². The number of carbonyl (C=O) groups is 1. The number of nitrogens with one attached hydrogen (secondary N) is 2. The quantitative estimate of drug-likeness (QED) is 0.695. The highest BCUT2D eigenvalue weighted by Gasteiger charge is 2.42. The number of aromatic nitrogens is 2. The van der Waals surface area contributed by atoms with E-state index in [1.807, 2.05) is 18.2 Å². The third kappa shape index (κ3) is 3.93. The van der Waals surface area contributed by atoms with E-state index in [2.05, 4.69) is 21.3 Å². The normalized spacial score (nSPS) is 21.7. The first kappa shape index (κ1) is 18.4. The molecule has 152 valence electrons. The number of H-pyrrole nitrogens is 1. The summed E-state index contributed by atoms with van der Waals surface area (Å²) < 4.78 is 11.5. The van der Waals surface area contributed by atoms with Gasteiger partial charge in [0.1, 0.15) is 5.82 Å². The van der Waals surface area contributed by atoms with Gasteiger partial charge in [-0.25, -0.2) is 4.98 Å². The van der Waals surface area contributed by atoms with E-state index in [9.17, 15) is 4.79 Å². The van der Waals surface area contributed by atoms with Gasteiger partial charge in [0.05, 0.1) is 35.5 Å². The molecule has 1 aromatic carbocycles. The van der Waals surface area contributed by atoms with E-state index >= 15 is 0 Å². The van der Waals surface area contributed by atoms with Crippen molar-refractivity contribution in [3.63, 3.8) is 0 Å². The van der Waals surface area contributed by atoms with E-state index in [0.29, 0.717) is 12.3 Å². The second-order valence-electron chi connectivity index (χ2n) is 8.13. The van der Waals surface area contributed by atoms with Crippen molar-refractivity contribution in [2.75, 3.05) is 19.6 Å². The first-order valence-electron chi connectivity index (χ1n) is 10.3. The number of piperidine rings is 1. The molecule has 2 aliphatic rings. The van der Waals surface area contributed by atoms with Gasteiger partial charge in [0, 0.05) is 19.6 Å². The highest BCUT2D eigenvalue weighted by molar-refractivity contribution is 5.91. The van der Waals surface area contributed by atoms with Crippen molar-refractivity contribution in [1.82, 2.24) is 20.2 Å². The van der Waals surface area contributed by atoms with E-state index in [4.69, 9.17) is 14.1 Å². The third-order valence-corrected chi connectivity index (χ3v) is 6.15. The van der Waals surface area contributed by atoms with Crippen LogP contribution < -0.4 is 5.32 Å². The molecule has 2 N–H and O–H groups in total. The first-order chi connectivity index (χ1) is 14.2. The van der Waals surface area contributed by atoms with Gasteiger partial charge in [-0.3, -0.25) is 9.69 Å². The van der Waals surface area contributed by atoms with E-state index in [1.54, 1.807) is 12.1 Å². The van der Waals surface area contributed by atoms with Gasteiger partial charge in [-0.1, -0.05) is 12.1 Å².